The van der Waals surface area contributed by atoms with Gasteiger partial charge in [-0.3, -0.25) is 14.4 Å². The van der Waals surface area contributed by atoms with Crippen LogP contribution in [0.25, 0.3) is 0 Å². The quantitative estimate of drug-likeness (QED) is 0.888. The molecule has 0 spiro atoms. The molecule has 3 rings (SSSR count). The van der Waals surface area contributed by atoms with Gasteiger partial charge in [0.05, 0.1) is 17.1 Å². The molecule has 0 radical (unpaired) electrons. The van der Waals surface area contributed by atoms with Crippen LogP contribution in [0.2, 0.25) is 0 Å². The lowest BCUT2D eigenvalue weighted by Crippen LogP contribution is -2.48. The van der Waals surface area contributed by atoms with Crippen molar-refractivity contribution in [1.29, 1.82) is 0 Å². The van der Waals surface area contributed by atoms with Crippen LogP contribution in [0.1, 0.15) is 43.8 Å². The van der Waals surface area contributed by atoms with Crippen molar-refractivity contribution in [3.05, 3.63) is 23.1 Å². The van der Waals surface area contributed by atoms with Crippen molar-refractivity contribution in [2.75, 3.05) is 16.8 Å². The van der Waals surface area contributed by atoms with E-state index in [9.17, 15) is 4.79 Å². The summed E-state index contributed by atoms with van der Waals surface area (Å²) in [6.45, 7) is 6.71. The van der Waals surface area contributed by atoms with Gasteiger partial charge in [-0.1, -0.05) is 13.8 Å². The van der Waals surface area contributed by atoms with Gasteiger partial charge in [0.1, 0.15) is 11.9 Å². The second kappa shape index (κ2) is 7.16. The summed E-state index contributed by atoms with van der Waals surface area (Å²) in [7, 11) is 1.86. The average Bonchev–Trinajstić information content (AvgIpc) is 2.94. The van der Waals surface area contributed by atoms with Crippen molar-refractivity contribution < 1.29 is 4.79 Å². The highest BCUT2D eigenvalue weighted by Crippen LogP contribution is 2.23. The van der Waals surface area contributed by atoms with Crippen LogP contribution >= 0.6 is 0 Å². The fourth-order valence-electron chi connectivity index (χ4n) is 3.24. The van der Waals surface area contributed by atoms with Crippen LogP contribution in [0.4, 0.5) is 11.8 Å². The van der Waals surface area contributed by atoms with Gasteiger partial charge in [0.15, 0.2) is 0 Å². The fraction of sp³-hybridized carbons (Fsp3) is 0.588. The minimum atomic E-state index is -0.345. The molecular weight excluding hydrogens is 318 g/mol. The fourth-order valence-corrected chi connectivity index (χ4v) is 3.24. The Morgan fingerprint density at radius 2 is 2.00 bits per heavy atom. The number of carbonyl (C=O) groups excluding carboxylic acids is 1. The van der Waals surface area contributed by atoms with Crippen molar-refractivity contribution in [1.82, 2.24) is 25.0 Å². The second-order valence-electron chi connectivity index (χ2n) is 6.33. The molecule has 134 valence electrons. The molecule has 1 unspecified atom stereocenters. The largest absolute Gasteiger partial charge is 0.341 e. The van der Waals surface area contributed by atoms with E-state index in [-0.39, 0.29) is 11.9 Å². The third-order valence-corrected chi connectivity index (χ3v) is 4.50. The molecule has 1 fully saturated rings. The SMILES string of the molecule is CCc1nnc(NC2CCCN(c3cc(C)nn3C)C2=O)nc1CC. The molecule has 8 nitrogen and oxygen atoms in total. The van der Waals surface area contributed by atoms with Crippen LogP contribution in [0.3, 0.4) is 0 Å². The number of amides is 1. The van der Waals surface area contributed by atoms with Gasteiger partial charge in [-0.2, -0.15) is 10.2 Å². The minimum absolute atomic E-state index is 0.0236. The first kappa shape index (κ1) is 17.3. The Balaban J connectivity index is 1.79. The zero-order valence-electron chi connectivity index (χ0n) is 15.3. The highest BCUT2D eigenvalue weighted by atomic mass is 16.2. The van der Waals surface area contributed by atoms with Crippen molar-refractivity contribution >= 4 is 17.7 Å². The summed E-state index contributed by atoms with van der Waals surface area (Å²) in [4.78, 5) is 19.2. The number of piperidine rings is 1. The van der Waals surface area contributed by atoms with Gasteiger partial charge >= 0.3 is 0 Å². The Bertz CT molecular complexity index is 770. The molecular formula is C17H25N7O. The Hall–Kier alpha value is -2.51. The predicted octanol–water partition coefficient (Wildman–Crippen LogP) is 1.65. The summed E-state index contributed by atoms with van der Waals surface area (Å²) in [5, 5.41) is 15.9. The number of aryl methyl sites for hydroxylation is 4. The lowest BCUT2D eigenvalue weighted by molar-refractivity contribution is -0.120. The van der Waals surface area contributed by atoms with Crippen LogP contribution in [-0.4, -0.2) is 43.5 Å². The monoisotopic (exact) mass is 343 g/mol. The molecule has 0 aromatic carbocycles. The highest BCUT2D eigenvalue weighted by Gasteiger charge is 2.32. The average molecular weight is 343 g/mol. The number of anilines is 2. The zero-order chi connectivity index (χ0) is 18.0. The van der Waals surface area contributed by atoms with Crippen molar-refractivity contribution in [3.63, 3.8) is 0 Å². The number of hydrogen-bond donors (Lipinski definition) is 1. The van der Waals surface area contributed by atoms with Gasteiger partial charge < -0.3 is 5.32 Å². The Morgan fingerprint density at radius 3 is 2.64 bits per heavy atom. The molecule has 0 bridgehead atoms. The zero-order valence-corrected chi connectivity index (χ0v) is 15.3. The molecule has 3 heterocycles. The number of nitrogens with zero attached hydrogens (tertiary/aromatic N) is 6. The molecule has 1 saturated heterocycles. The summed E-state index contributed by atoms with van der Waals surface area (Å²) in [5.74, 6) is 1.27. The van der Waals surface area contributed by atoms with Crippen LogP contribution in [0, 0.1) is 6.92 Å². The van der Waals surface area contributed by atoms with Crippen LogP contribution in [0.5, 0.6) is 0 Å². The highest BCUT2D eigenvalue weighted by molar-refractivity contribution is 5.98. The molecule has 0 aliphatic carbocycles. The summed E-state index contributed by atoms with van der Waals surface area (Å²) < 4.78 is 1.75. The third kappa shape index (κ3) is 3.47. The molecule has 8 heteroatoms. The molecule has 1 aliphatic rings. The van der Waals surface area contributed by atoms with Crippen molar-refractivity contribution in [3.8, 4) is 0 Å². The Labute approximate surface area is 147 Å². The van der Waals surface area contributed by atoms with E-state index in [1.165, 1.54) is 0 Å². The maximum absolute atomic E-state index is 12.9. The summed E-state index contributed by atoms with van der Waals surface area (Å²) in [6.07, 6.45) is 3.27. The van der Waals surface area contributed by atoms with Crippen LogP contribution in [0.15, 0.2) is 6.07 Å². The second-order valence-corrected chi connectivity index (χ2v) is 6.33. The maximum Gasteiger partial charge on any atom is 0.250 e. The number of hydrogen-bond acceptors (Lipinski definition) is 6. The van der Waals surface area contributed by atoms with Gasteiger partial charge in [-0.05, 0) is 32.6 Å². The van der Waals surface area contributed by atoms with E-state index in [1.54, 1.807) is 9.58 Å². The molecule has 1 aliphatic heterocycles. The van der Waals surface area contributed by atoms with E-state index in [2.05, 4.69) is 25.6 Å². The molecule has 1 atom stereocenters. The smallest absolute Gasteiger partial charge is 0.250 e. The van der Waals surface area contributed by atoms with Crippen molar-refractivity contribution in [2.45, 2.75) is 52.5 Å². The van der Waals surface area contributed by atoms with Gasteiger partial charge in [0.2, 0.25) is 5.95 Å². The Morgan fingerprint density at radius 1 is 1.24 bits per heavy atom. The molecule has 2 aromatic rings. The maximum atomic E-state index is 12.9. The van der Waals surface area contributed by atoms with Crippen LogP contribution in [-0.2, 0) is 24.7 Å². The number of aromatic nitrogens is 5. The number of carbonyl (C=O) groups is 1. The van der Waals surface area contributed by atoms with E-state index in [1.807, 2.05) is 33.9 Å². The molecule has 1 amide bonds. The topological polar surface area (TPSA) is 88.8 Å². The van der Waals surface area contributed by atoms with Gasteiger partial charge in [0, 0.05) is 19.7 Å². The lowest BCUT2D eigenvalue weighted by atomic mass is 10.0. The normalized spacial score (nSPS) is 17.8. The third-order valence-electron chi connectivity index (χ3n) is 4.50. The molecule has 2 aromatic heterocycles. The van der Waals surface area contributed by atoms with Gasteiger partial charge in [0.25, 0.3) is 5.91 Å². The summed E-state index contributed by atoms with van der Waals surface area (Å²) >= 11 is 0. The molecule has 25 heavy (non-hydrogen) atoms. The minimum Gasteiger partial charge on any atom is -0.341 e. The Kier molecular flexibility index (Phi) is 4.96. The lowest BCUT2D eigenvalue weighted by Gasteiger charge is -2.32. The first-order valence-electron chi connectivity index (χ1n) is 8.84. The van der Waals surface area contributed by atoms with Gasteiger partial charge in [-0.15, -0.1) is 5.10 Å². The van der Waals surface area contributed by atoms with Crippen LogP contribution < -0.4 is 10.2 Å². The van der Waals surface area contributed by atoms with E-state index in [4.69, 9.17) is 0 Å². The van der Waals surface area contributed by atoms with E-state index < -0.39 is 0 Å². The summed E-state index contributed by atoms with van der Waals surface area (Å²) in [6, 6.07) is 1.59. The van der Waals surface area contributed by atoms with E-state index >= 15 is 0 Å². The molecule has 1 N–H and O–H groups in total. The number of nitrogens with one attached hydrogen (secondary N) is 1. The van der Waals surface area contributed by atoms with Crippen molar-refractivity contribution in [2.24, 2.45) is 7.05 Å². The standard InChI is InChI=1S/C17H25N7O/c1-5-12-13(6-2)20-21-17(18-12)19-14-8-7-9-24(16(14)25)15-10-11(3)22-23(15)4/h10,14H,5-9H2,1-4H3,(H,18,19,21). The molecule has 0 saturated carbocycles. The predicted molar refractivity (Wildman–Crippen MR) is 95.5 cm³/mol. The number of rotatable bonds is 5. The summed E-state index contributed by atoms with van der Waals surface area (Å²) in [5.41, 5.74) is 2.74. The first-order valence-corrected chi connectivity index (χ1v) is 8.84. The van der Waals surface area contributed by atoms with E-state index in [0.29, 0.717) is 12.5 Å². The van der Waals surface area contributed by atoms with Gasteiger partial charge in [-0.25, -0.2) is 4.98 Å². The van der Waals surface area contributed by atoms with E-state index in [0.717, 1.165) is 48.6 Å². The first-order chi connectivity index (χ1) is 12.0.